The minimum atomic E-state index is -0.715. The number of carbonyl (C=O) groups excluding carboxylic acids is 2. The van der Waals surface area contributed by atoms with Gasteiger partial charge in [0.1, 0.15) is 6.04 Å². The third-order valence-corrected chi connectivity index (χ3v) is 2.49. The molecule has 5 N–H and O–H groups in total. The number of aliphatic hydroxyl groups excluding tert-OH is 1. The second-order valence-corrected chi connectivity index (χ2v) is 4.37. The Morgan fingerprint density at radius 3 is 2.35 bits per heavy atom. The van der Waals surface area contributed by atoms with Gasteiger partial charge in [0.25, 0.3) is 0 Å². The van der Waals surface area contributed by atoms with Gasteiger partial charge in [0, 0.05) is 6.54 Å². The molecule has 0 radical (unpaired) electrons. The van der Waals surface area contributed by atoms with Gasteiger partial charge in [0.2, 0.25) is 5.91 Å². The standard InChI is InChI=1S/C11H23N3O3/c1-4-8(15)5-6-13-10(16)9(7(2)3)14-11(12)17/h7-9,15H,4-6H2,1-3H3,(H,13,16)(H3,12,14,17). The molecular formula is C11H23N3O3. The molecule has 2 atom stereocenters. The minimum Gasteiger partial charge on any atom is -0.393 e. The predicted octanol–water partition coefficient (Wildman–Crippen LogP) is -0.0435. The third-order valence-electron chi connectivity index (χ3n) is 2.49. The van der Waals surface area contributed by atoms with Crippen molar-refractivity contribution in [1.29, 1.82) is 0 Å². The van der Waals surface area contributed by atoms with Crippen LogP contribution in [0, 0.1) is 5.92 Å². The number of amides is 3. The van der Waals surface area contributed by atoms with E-state index in [2.05, 4.69) is 10.6 Å². The van der Waals surface area contributed by atoms with Crippen molar-refractivity contribution in [2.45, 2.75) is 45.8 Å². The molecule has 17 heavy (non-hydrogen) atoms. The Balaban J connectivity index is 4.11. The van der Waals surface area contributed by atoms with Gasteiger partial charge in [-0.05, 0) is 18.8 Å². The van der Waals surface area contributed by atoms with Crippen LogP contribution in [0.3, 0.4) is 0 Å². The van der Waals surface area contributed by atoms with Crippen molar-refractivity contribution in [2.75, 3.05) is 6.54 Å². The van der Waals surface area contributed by atoms with Crippen molar-refractivity contribution in [3.8, 4) is 0 Å². The van der Waals surface area contributed by atoms with Crippen LogP contribution in [0.4, 0.5) is 4.79 Å². The number of hydrogen-bond acceptors (Lipinski definition) is 3. The van der Waals surface area contributed by atoms with Crippen molar-refractivity contribution >= 4 is 11.9 Å². The summed E-state index contributed by atoms with van der Waals surface area (Å²) in [6, 6.07) is -1.35. The van der Waals surface area contributed by atoms with E-state index >= 15 is 0 Å². The topological polar surface area (TPSA) is 104 Å². The first-order valence-corrected chi connectivity index (χ1v) is 5.90. The Morgan fingerprint density at radius 2 is 1.94 bits per heavy atom. The molecule has 0 rings (SSSR count). The van der Waals surface area contributed by atoms with Crippen LogP contribution in [-0.4, -0.2) is 35.7 Å². The lowest BCUT2D eigenvalue weighted by Gasteiger charge is -2.20. The first kappa shape index (κ1) is 15.7. The maximum Gasteiger partial charge on any atom is 0.312 e. The van der Waals surface area contributed by atoms with Crippen LogP contribution in [0.1, 0.15) is 33.6 Å². The maximum absolute atomic E-state index is 11.7. The average Bonchev–Trinajstić information content (AvgIpc) is 2.24. The van der Waals surface area contributed by atoms with E-state index in [1.807, 2.05) is 20.8 Å². The molecule has 0 fully saturated rings. The Labute approximate surface area is 102 Å². The maximum atomic E-state index is 11.7. The molecule has 0 aromatic heterocycles. The monoisotopic (exact) mass is 245 g/mol. The van der Waals surface area contributed by atoms with E-state index < -0.39 is 18.2 Å². The van der Waals surface area contributed by atoms with Crippen LogP contribution in [-0.2, 0) is 4.79 Å². The van der Waals surface area contributed by atoms with Gasteiger partial charge in [-0.3, -0.25) is 4.79 Å². The molecule has 0 bridgehead atoms. The molecule has 0 heterocycles. The lowest BCUT2D eigenvalue weighted by Crippen LogP contribution is -2.51. The Hall–Kier alpha value is -1.30. The summed E-state index contributed by atoms with van der Waals surface area (Å²) in [5.41, 5.74) is 5.00. The van der Waals surface area contributed by atoms with Crippen LogP contribution in [0.5, 0.6) is 0 Å². The molecule has 0 aromatic rings. The highest BCUT2D eigenvalue weighted by Crippen LogP contribution is 2.02. The third kappa shape index (κ3) is 6.78. The molecule has 6 nitrogen and oxygen atoms in total. The van der Waals surface area contributed by atoms with Gasteiger partial charge in [-0.25, -0.2) is 4.79 Å². The summed E-state index contributed by atoms with van der Waals surface area (Å²) in [5.74, 6) is -0.319. The number of aliphatic hydroxyl groups is 1. The summed E-state index contributed by atoms with van der Waals surface area (Å²) in [6.07, 6.45) is 0.754. The van der Waals surface area contributed by atoms with E-state index in [-0.39, 0.29) is 11.8 Å². The summed E-state index contributed by atoms with van der Waals surface area (Å²) in [4.78, 5) is 22.5. The van der Waals surface area contributed by atoms with Crippen LogP contribution >= 0.6 is 0 Å². The van der Waals surface area contributed by atoms with E-state index in [1.165, 1.54) is 0 Å². The predicted molar refractivity (Wildman–Crippen MR) is 65.3 cm³/mol. The highest BCUT2D eigenvalue weighted by atomic mass is 16.3. The average molecular weight is 245 g/mol. The molecule has 0 spiro atoms. The number of rotatable bonds is 7. The summed E-state index contributed by atoms with van der Waals surface area (Å²) < 4.78 is 0. The lowest BCUT2D eigenvalue weighted by molar-refractivity contribution is -0.123. The fraction of sp³-hybridized carbons (Fsp3) is 0.818. The van der Waals surface area contributed by atoms with Gasteiger partial charge < -0.3 is 21.5 Å². The van der Waals surface area contributed by atoms with Crippen molar-refractivity contribution in [1.82, 2.24) is 10.6 Å². The van der Waals surface area contributed by atoms with Gasteiger partial charge in [-0.2, -0.15) is 0 Å². The van der Waals surface area contributed by atoms with Gasteiger partial charge in [-0.15, -0.1) is 0 Å². The number of urea groups is 1. The Bertz CT molecular complexity index is 256. The van der Waals surface area contributed by atoms with E-state index in [1.54, 1.807) is 0 Å². The van der Waals surface area contributed by atoms with Crippen molar-refractivity contribution in [3.05, 3.63) is 0 Å². The smallest absolute Gasteiger partial charge is 0.312 e. The Kier molecular flexibility index (Phi) is 7.29. The summed E-state index contributed by atoms with van der Waals surface area (Å²) in [7, 11) is 0. The van der Waals surface area contributed by atoms with Crippen LogP contribution in [0.25, 0.3) is 0 Å². The highest BCUT2D eigenvalue weighted by Gasteiger charge is 2.22. The molecule has 100 valence electrons. The van der Waals surface area contributed by atoms with Crippen LogP contribution in [0.2, 0.25) is 0 Å². The summed E-state index contributed by atoms with van der Waals surface area (Å²) in [6.45, 7) is 5.90. The van der Waals surface area contributed by atoms with Gasteiger partial charge >= 0.3 is 6.03 Å². The number of carbonyl (C=O) groups is 2. The van der Waals surface area contributed by atoms with Gasteiger partial charge in [-0.1, -0.05) is 20.8 Å². The Morgan fingerprint density at radius 1 is 1.35 bits per heavy atom. The van der Waals surface area contributed by atoms with E-state index in [0.717, 1.165) is 0 Å². The molecule has 0 saturated carbocycles. The molecule has 0 aliphatic heterocycles. The summed E-state index contributed by atoms with van der Waals surface area (Å²) in [5, 5.41) is 14.4. The van der Waals surface area contributed by atoms with Gasteiger partial charge in [0.15, 0.2) is 0 Å². The minimum absolute atomic E-state index is 0.0430. The molecule has 0 aliphatic carbocycles. The molecule has 0 aromatic carbocycles. The SMILES string of the molecule is CCC(O)CCNC(=O)C(NC(N)=O)C(C)C. The zero-order chi connectivity index (χ0) is 13.4. The van der Waals surface area contributed by atoms with Crippen LogP contribution < -0.4 is 16.4 Å². The molecule has 2 unspecified atom stereocenters. The number of hydrogen-bond donors (Lipinski definition) is 4. The van der Waals surface area contributed by atoms with Gasteiger partial charge in [0.05, 0.1) is 6.10 Å². The second-order valence-electron chi connectivity index (χ2n) is 4.37. The van der Waals surface area contributed by atoms with E-state index in [0.29, 0.717) is 19.4 Å². The fourth-order valence-electron chi connectivity index (χ4n) is 1.36. The van der Waals surface area contributed by atoms with Crippen LogP contribution in [0.15, 0.2) is 0 Å². The largest absolute Gasteiger partial charge is 0.393 e. The van der Waals surface area contributed by atoms with Crippen molar-refractivity contribution < 1.29 is 14.7 Å². The van der Waals surface area contributed by atoms with E-state index in [4.69, 9.17) is 5.73 Å². The van der Waals surface area contributed by atoms with Crippen molar-refractivity contribution in [3.63, 3.8) is 0 Å². The highest BCUT2D eigenvalue weighted by molar-refractivity contribution is 5.86. The quantitative estimate of drug-likeness (QED) is 0.505. The lowest BCUT2D eigenvalue weighted by atomic mass is 10.0. The van der Waals surface area contributed by atoms with E-state index in [9.17, 15) is 14.7 Å². The number of nitrogens with one attached hydrogen (secondary N) is 2. The first-order chi connectivity index (χ1) is 7.88. The molecular weight excluding hydrogens is 222 g/mol. The second kappa shape index (κ2) is 7.89. The normalized spacial score (nSPS) is 14.2. The first-order valence-electron chi connectivity index (χ1n) is 5.90. The fourth-order valence-corrected chi connectivity index (χ4v) is 1.36. The zero-order valence-electron chi connectivity index (χ0n) is 10.7. The molecule has 0 saturated heterocycles. The van der Waals surface area contributed by atoms with Crippen molar-refractivity contribution in [2.24, 2.45) is 11.7 Å². The molecule has 6 heteroatoms. The molecule has 0 aliphatic rings. The zero-order valence-corrected chi connectivity index (χ0v) is 10.7. The number of nitrogens with two attached hydrogens (primary N) is 1. The number of primary amides is 1. The molecule has 3 amide bonds. The summed E-state index contributed by atoms with van der Waals surface area (Å²) >= 11 is 0.